The standard InChI is InChI=1S/C14H14N4O3S/c1-18-9-13(8-16-18)22(19,20)17-7-11-2-3-14(15-6-11)12-4-5-21-10-12/h2-6,8-10,17H,7H2,1H3. The van der Waals surface area contributed by atoms with Gasteiger partial charge in [0.05, 0.1) is 24.4 Å². The number of furan rings is 1. The summed E-state index contributed by atoms with van der Waals surface area (Å²) in [5.74, 6) is 0. The van der Waals surface area contributed by atoms with E-state index in [9.17, 15) is 8.42 Å². The topological polar surface area (TPSA) is 90.0 Å². The minimum atomic E-state index is -3.57. The zero-order chi connectivity index (χ0) is 15.6. The molecule has 0 bridgehead atoms. The van der Waals surface area contributed by atoms with E-state index in [1.54, 1.807) is 25.8 Å². The maximum Gasteiger partial charge on any atom is 0.243 e. The molecule has 3 aromatic heterocycles. The van der Waals surface area contributed by atoms with Gasteiger partial charge in [-0.05, 0) is 17.7 Å². The van der Waals surface area contributed by atoms with Crippen LogP contribution in [0.1, 0.15) is 5.56 Å². The molecule has 0 aromatic carbocycles. The lowest BCUT2D eigenvalue weighted by Crippen LogP contribution is -2.23. The lowest BCUT2D eigenvalue weighted by molar-refractivity contribution is 0.568. The van der Waals surface area contributed by atoms with Crippen molar-refractivity contribution >= 4 is 10.0 Å². The zero-order valence-electron chi connectivity index (χ0n) is 11.8. The first kappa shape index (κ1) is 14.5. The van der Waals surface area contributed by atoms with Gasteiger partial charge in [0.1, 0.15) is 4.90 Å². The highest BCUT2D eigenvalue weighted by Crippen LogP contribution is 2.17. The van der Waals surface area contributed by atoms with E-state index >= 15 is 0 Å². The minimum Gasteiger partial charge on any atom is -0.472 e. The molecule has 8 heteroatoms. The van der Waals surface area contributed by atoms with Crippen LogP contribution in [0, 0.1) is 0 Å². The molecule has 0 aliphatic heterocycles. The smallest absolute Gasteiger partial charge is 0.243 e. The highest BCUT2D eigenvalue weighted by atomic mass is 32.2. The van der Waals surface area contributed by atoms with E-state index in [1.165, 1.54) is 17.1 Å². The Hall–Kier alpha value is -2.45. The average molecular weight is 318 g/mol. The highest BCUT2D eigenvalue weighted by molar-refractivity contribution is 7.89. The van der Waals surface area contributed by atoms with E-state index in [2.05, 4.69) is 14.8 Å². The average Bonchev–Trinajstić information content (AvgIpc) is 3.17. The quantitative estimate of drug-likeness (QED) is 0.771. The molecule has 0 amide bonds. The summed E-state index contributed by atoms with van der Waals surface area (Å²) in [6.45, 7) is 0.163. The summed E-state index contributed by atoms with van der Waals surface area (Å²) in [4.78, 5) is 4.42. The molecule has 0 unspecified atom stereocenters. The first-order valence-electron chi connectivity index (χ1n) is 6.50. The van der Waals surface area contributed by atoms with Gasteiger partial charge in [0.2, 0.25) is 10.0 Å². The second-order valence-corrected chi connectivity index (χ2v) is 6.50. The molecule has 0 saturated carbocycles. The lowest BCUT2D eigenvalue weighted by Gasteiger charge is -2.05. The van der Waals surface area contributed by atoms with Crippen LogP contribution >= 0.6 is 0 Å². The van der Waals surface area contributed by atoms with Gasteiger partial charge < -0.3 is 4.42 Å². The van der Waals surface area contributed by atoms with Gasteiger partial charge in [0.25, 0.3) is 0 Å². The largest absolute Gasteiger partial charge is 0.472 e. The fourth-order valence-electron chi connectivity index (χ4n) is 1.91. The van der Waals surface area contributed by atoms with E-state index in [0.717, 1.165) is 16.8 Å². The van der Waals surface area contributed by atoms with Crippen LogP contribution < -0.4 is 4.72 Å². The van der Waals surface area contributed by atoms with Crippen molar-refractivity contribution in [2.24, 2.45) is 7.05 Å². The Morgan fingerprint density at radius 1 is 1.27 bits per heavy atom. The molecular weight excluding hydrogens is 304 g/mol. The van der Waals surface area contributed by atoms with Gasteiger partial charge in [-0.3, -0.25) is 9.67 Å². The number of rotatable bonds is 5. The van der Waals surface area contributed by atoms with Crippen molar-refractivity contribution in [3.63, 3.8) is 0 Å². The summed E-state index contributed by atoms with van der Waals surface area (Å²) in [6, 6.07) is 5.45. The Morgan fingerprint density at radius 2 is 2.14 bits per heavy atom. The van der Waals surface area contributed by atoms with Crippen LogP contribution in [-0.4, -0.2) is 23.2 Å². The molecule has 3 rings (SSSR count). The molecule has 0 saturated heterocycles. The van der Waals surface area contributed by atoms with E-state index in [-0.39, 0.29) is 11.4 Å². The molecule has 1 N–H and O–H groups in total. The van der Waals surface area contributed by atoms with E-state index < -0.39 is 10.0 Å². The monoisotopic (exact) mass is 318 g/mol. The maximum absolute atomic E-state index is 12.1. The molecule has 0 aliphatic rings. The number of aryl methyl sites for hydroxylation is 1. The van der Waals surface area contributed by atoms with Crippen molar-refractivity contribution in [3.05, 3.63) is 54.9 Å². The Bertz CT molecular complexity index is 852. The summed E-state index contributed by atoms with van der Waals surface area (Å²) in [5, 5.41) is 3.85. The number of sulfonamides is 1. The molecule has 3 aromatic rings. The summed E-state index contributed by atoms with van der Waals surface area (Å²) < 4.78 is 33.1. The van der Waals surface area contributed by atoms with Gasteiger partial charge in [-0.1, -0.05) is 6.07 Å². The molecule has 0 aliphatic carbocycles. The van der Waals surface area contributed by atoms with Crippen LogP contribution in [-0.2, 0) is 23.6 Å². The molecular formula is C14H14N4O3S. The SMILES string of the molecule is Cn1cc(S(=O)(=O)NCc2ccc(-c3ccoc3)nc2)cn1. The van der Waals surface area contributed by atoms with Gasteiger partial charge >= 0.3 is 0 Å². The third kappa shape index (κ3) is 3.07. The van der Waals surface area contributed by atoms with E-state index in [0.29, 0.717) is 0 Å². The number of nitrogens with zero attached hydrogens (tertiary/aromatic N) is 3. The van der Waals surface area contributed by atoms with Gasteiger partial charge in [-0.15, -0.1) is 0 Å². The first-order chi connectivity index (χ1) is 10.5. The summed E-state index contributed by atoms with van der Waals surface area (Å²) in [7, 11) is -1.90. The van der Waals surface area contributed by atoms with Gasteiger partial charge in [0.15, 0.2) is 0 Å². The minimum absolute atomic E-state index is 0.137. The Labute approximate surface area is 127 Å². The van der Waals surface area contributed by atoms with Crippen LogP contribution in [0.5, 0.6) is 0 Å². The molecule has 0 fully saturated rings. The van der Waals surface area contributed by atoms with E-state index in [1.807, 2.05) is 18.2 Å². The summed E-state index contributed by atoms with van der Waals surface area (Å²) >= 11 is 0. The second-order valence-electron chi connectivity index (χ2n) is 4.74. The molecule has 0 atom stereocenters. The van der Waals surface area contributed by atoms with E-state index in [4.69, 9.17) is 4.42 Å². The molecule has 22 heavy (non-hydrogen) atoms. The predicted octanol–water partition coefficient (Wildman–Crippen LogP) is 1.55. The molecule has 3 heterocycles. The number of pyridine rings is 1. The van der Waals surface area contributed by atoms with Gasteiger partial charge in [-0.2, -0.15) is 5.10 Å². The van der Waals surface area contributed by atoms with Crippen molar-refractivity contribution in [2.45, 2.75) is 11.4 Å². The van der Waals surface area contributed by atoms with Crippen LogP contribution in [0.25, 0.3) is 11.3 Å². The van der Waals surface area contributed by atoms with Crippen molar-refractivity contribution in [2.75, 3.05) is 0 Å². The number of aromatic nitrogens is 3. The lowest BCUT2D eigenvalue weighted by atomic mass is 10.2. The molecule has 114 valence electrons. The van der Waals surface area contributed by atoms with Crippen LogP contribution in [0.3, 0.4) is 0 Å². The second kappa shape index (κ2) is 5.74. The normalized spacial score (nSPS) is 11.7. The maximum atomic E-state index is 12.1. The Balaban J connectivity index is 1.69. The van der Waals surface area contributed by atoms with Crippen molar-refractivity contribution in [1.29, 1.82) is 0 Å². The first-order valence-corrected chi connectivity index (χ1v) is 7.99. The fourth-order valence-corrected chi connectivity index (χ4v) is 2.91. The number of hydrogen-bond acceptors (Lipinski definition) is 5. The predicted molar refractivity (Wildman–Crippen MR) is 79.2 cm³/mol. The van der Waals surface area contributed by atoms with Gasteiger partial charge in [-0.25, -0.2) is 13.1 Å². The number of hydrogen-bond donors (Lipinski definition) is 1. The Kier molecular flexibility index (Phi) is 3.78. The number of nitrogens with one attached hydrogen (secondary N) is 1. The summed E-state index contributed by atoms with van der Waals surface area (Å²) in [5.41, 5.74) is 2.41. The molecule has 7 nitrogen and oxygen atoms in total. The fraction of sp³-hybridized carbons (Fsp3) is 0.143. The van der Waals surface area contributed by atoms with Crippen molar-refractivity contribution in [3.8, 4) is 11.3 Å². The highest BCUT2D eigenvalue weighted by Gasteiger charge is 2.15. The molecule has 0 radical (unpaired) electrons. The van der Waals surface area contributed by atoms with Crippen molar-refractivity contribution in [1.82, 2.24) is 19.5 Å². The summed E-state index contributed by atoms with van der Waals surface area (Å²) in [6.07, 6.45) is 7.57. The van der Waals surface area contributed by atoms with Crippen LogP contribution in [0.2, 0.25) is 0 Å². The van der Waals surface area contributed by atoms with Crippen molar-refractivity contribution < 1.29 is 12.8 Å². The zero-order valence-corrected chi connectivity index (χ0v) is 12.6. The van der Waals surface area contributed by atoms with Gasteiger partial charge in [0, 0.05) is 31.5 Å². The third-order valence-electron chi connectivity index (χ3n) is 3.10. The van der Waals surface area contributed by atoms with Crippen LogP contribution in [0.15, 0.2) is 58.6 Å². The Morgan fingerprint density at radius 3 is 2.73 bits per heavy atom. The van der Waals surface area contributed by atoms with Crippen LogP contribution in [0.4, 0.5) is 0 Å². The molecule has 0 spiro atoms. The third-order valence-corrected chi connectivity index (χ3v) is 4.46.